The van der Waals surface area contributed by atoms with E-state index in [-0.39, 0.29) is 23.8 Å². The first kappa shape index (κ1) is 27.4. The van der Waals surface area contributed by atoms with E-state index in [0.29, 0.717) is 12.2 Å². The van der Waals surface area contributed by atoms with Crippen LogP contribution in [0.5, 0.6) is 0 Å². The lowest BCUT2D eigenvalue weighted by atomic mass is 9.74. The number of anilines is 1. The van der Waals surface area contributed by atoms with Gasteiger partial charge in [-0.2, -0.15) is 0 Å². The zero-order valence-corrected chi connectivity index (χ0v) is 23.7. The number of carbonyl (C=O) groups excluding carboxylic acids is 3. The molecule has 2 bridgehead atoms. The number of amides is 3. The molecular formula is C31H42N4O5. The Labute approximate surface area is 236 Å². The molecule has 9 nitrogen and oxygen atoms in total. The lowest BCUT2D eigenvalue weighted by Crippen LogP contribution is -2.56. The predicted octanol–water partition coefficient (Wildman–Crippen LogP) is 2.56. The van der Waals surface area contributed by atoms with E-state index in [2.05, 4.69) is 15.5 Å². The van der Waals surface area contributed by atoms with E-state index in [1.54, 1.807) is 4.90 Å². The second kappa shape index (κ2) is 11.3. The van der Waals surface area contributed by atoms with Crippen LogP contribution in [0.3, 0.4) is 0 Å². The third-order valence-corrected chi connectivity index (χ3v) is 9.63. The predicted molar refractivity (Wildman–Crippen MR) is 151 cm³/mol. The van der Waals surface area contributed by atoms with Crippen molar-refractivity contribution >= 4 is 23.4 Å². The molecule has 3 unspecified atom stereocenters. The SMILES string of the molecule is Cc1ccc(NC(=O)C2[C@@H]3C=CC4(O3)C(C(=O)NC3CCCCC3)N(CCCN3CCOCC3)C(=O)[C@H]24)cc1C. The third-order valence-electron chi connectivity index (χ3n) is 9.63. The molecular weight excluding hydrogens is 508 g/mol. The van der Waals surface area contributed by atoms with E-state index in [9.17, 15) is 14.4 Å². The number of fused-ring (bicyclic) bond motifs is 1. The van der Waals surface area contributed by atoms with Crippen LogP contribution in [-0.2, 0) is 23.9 Å². The van der Waals surface area contributed by atoms with Crippen LogP contribution in [-0.4, -0.2) is 90.7 Å². The van der Waals surface area contributed by atoms with Crippen LogP contribution in [0.15, 0.2) is 30.4 Å². The lowest BCUT2D eigenvalue weighted by Gasteiger charge is -2.34. The van der Waals surface area contributed by atoms with Gasteiger partial charge in [0.25, 0.3) is 0 Å². The summed E-state index contributed by atoms with van der Waals surface area (Å²) >= 11 is 0. The number of nitrogens with zero attached hydrogens (tertiary/aromatic N) is 2. The van der Waals surface area contributed by atoms with E-state index in [4.69, 9.17) is 9.47 Å². The minimum Gasteiger partial charge on any atom is -0.379 e. The van der Waals surface area contributed by atoms with Crippen LogP contribution < -0.4 is 10.6 Å². The van der Waals surface area contributed by atoms with Gasteiger partial charge < -0.3 is 25.0 Å². The number of hydrogen-bond donors (Lipinski definition) is 2. The molecule has 9 heteroatoms. The van der Waals surface area contributed by atoms with Gasteiger partial charge in [0, 0.05) is 37.9 Å². The fraction of sp³-hybridized carbons (Fsp3) is 0.645. The molecule has 5 atom stereocenters. The highest BCUT2D eigenvalue weighted by atomic mass is 16.5. The van der Waals surface area contributed by atoms with Gasteiger partial charge in [-0.25, -0.2) is 0 Å². The zero-order chi connectivity index (χ0) is 27.9. The van der Waals surface area contributed by atoms with E-state index in [0.717, 1.165) is 76.1 Å². The van der Waals surface area contributed by atoms with Crippen molar-refractivity contribution < 1.29 is 23.9 Å². The van der Waals surface area contributed by atoms with Gasteiger partial charge in [-0.3, -0.25) is 19.3 Å². The van der Waals surface area contributed by atoms with Crippen molar-refractivity contribution in [1.29, 1.82) is 0 Å². The second-order valence-corrected chi connectivity index (χ2v) is 12.2. The molecule has 40 heavy (non-hydrogen) atoms. The van der Waals surface area contributed by atoms with Gasteiger partial charge in [-0.15, -0.1) is 0 Å². The Morgan fingerprint density at radius 1 is 1.02 bits per heavy atom. The van der Waals surface area contributed by atoms with Crippen LogP contribution in [0.1, 0.15) is 49.7 Å². The van der Waals surface area contributed by atoms with E-state index < -0.39 is 29.6 Å². The van der Waals surface area contributed by atoms with Crippen molar-refractivity contribution in [3.63, 3.8) is 0 Å². The summed E-state index contributed by atoms with van der Waals surface area (Å²) in [6, 6.07) is 5.15. The Hall–Kier alpha value is -2.75. The summed E-state index contributed by atoms with van der Waals surface area (Å²) in [5.74, 6) is -1.96. The Morgan fingerprint density at radius 2 is 1.80 bits per heavy atom. The monoisotopic (exact) mass is 550 g/mol. The van der Waals surface area contributed by atoms with Crippen LogP contribution in [0.4, 0.5) is 5.69 Å². The Morgan fingerprint density at radius 3 is 2.55 bits per heavy atom. The Kier molecular flexibility index (Phi) is 7.72. The van der Waals surface area contributed by atoms with Crippen molar-refractivity contribution in [2.75, 3.05) is 44.7 Å². The van der Waals surface area contributed by atoms with Gasteiger partial charge in [0.05, 0.1) is 31.2 Å². The molecule has 2 N–H and O–H groups in total. The highest BCUT2D eigenvalue weighted by Crippen LogP contribution is 2.55. The number of aryl methyl sites for hydroxylation is 2. The minimum atomic E-state index is -1.12. The summed E-state index contributed by atoms with van der Waals surface area (Å²) in [7, 11) is 0. The molecule has 1 saturated carbocycles. The van der Waals surface area contributed by atoms with Gasteiger partial charge in [0.1, 0.15) is 11.6 Å². The minimum absolute atomic E-state index is 0.119. The highest BCUT2D eigenvalue weighted by molar-refractivity contribution is 6.02. The first-order chi connectivity index (χ1) is 19.4. The number of benzene rings is 1. The maximum absolute atomic E-state index is 14.1. The average Bonchev–Trinajstić information content (AvgIpc) is 3.59. The van der Waals surface area contributed by atoms with E-state index in [1.165, 1.54) is 6.42 Å². The van der Waals surface area contributed by atoms with E-state index in [1.807, 2.05) is 44.2 Å². The summed E-state index contributed by atoms with van der Waals surface area (Å²) in [6.07, 6.45) is 9.31. The second-order valence-electron chi connectivity index (χ2n) is 12.2. The normalized spacial score (nSPS) is 31.9. The Balaban J connectivity index is 1.24. The molecule has 6 rings (SSSR count). The summed E-state index contributed by atoms with van der Waals surface area (Å²) < 4.78 is 12.0. The smallest absolute Gasteiger partial charge is 0.246 e. The number of hydrogen-bond acceptors (Lipinski definition) is 6. The van der Waals surface area contributed by atoms with Gasteiger partial charge in [-0.05, 0) is 56.4 Å². The topological polar surface area (TPSA) is 100 Å². The average molecular weight is 551 g/mol. The van der Waals surface area contributed by atoms with Crippen molar-refractivity contribution in [3.05, 3.63) is 41.5 Å². The van der Waals surface area contributed by atoms with Gasteiger partial charge in [-0.1, -0.05) is 37.5 Å². The van der Waals surface area contributed by atoms with Crippen molar-refractivity contribution in [1.82, 2.24) is 15.1 Å². The standard InChI is InChI=1S/C31H42N4O5/c1-20-9-10-23(19-21(20)2)33-28(36)25-24-11-12-31(40-24)26(25)30(38)35(14-6-13-34-15-17-39-18-16-34)27(31)29(37)32-22-7-4-3-5-8-22/h9-12,19,22,24-27H,3-8,13-18H2,1-2H3,(H,32,37)(H,33,36)/t24-,25?,26-,27?,31?/m0/s1. The number of nitrogens with one attached hydrogen (secondary N) is 2. The molecule has 4 aliphatic heterocycles. The summed E-state index contributed by atoms with van der Waals surface area (Å²) in [4.78, 5) is 45.8. The number of morpholine rings is 1. The van der Waals surface area contributed by atoms with Gasteiger partial charge >= 0.3 is 0 Å². The molecule has 4 fully saturated rings. The first-order valence-electron chi connectivity index (χ1n) is 15.0. The molecule has 4 heterocycles. The van der Waals surface area contributed by atoms with Crippen LogP contribution in [0.25, 0.3) is 0 Å². The van der Waals surface area contributed by atoms with Crippen LogP contribution in [0, 0.1) is 25.7 Å². The Bertz CT molecular complexity index is 1170. The third kappa shape index (κ3) is 4.97. The maximum Gasteiger partial charge on any atom is 0.246 e. The number of rotatable bonds is 8. The van der Waals surface area contributed by atoms with Crippen molar-refractivity contribution in [2.24, 2.45) is 11.8 Å². The molecule has 3 saturated heterocycles. The van der Waals surface area contributed by atoms with Gasteiger partial charge in [0.2, 0.25) is 17.7 Å². The van der Waals surface area contributed by atoms with Crippen LogP contribution >= 0.6 is 0 Å². The molecule has 5 aliphatic rings. The van der Waals surface area contributed by atoms with Crippen LogP contribution in [0.2, 0.25) is 0 Å². The quantitative estimate of drug-likeness (QED) is 0.483. The lowest BCUT2D eigenvalue weighted by molar-refractivity contribution is -0.141. The molecule has 1 aliphatic carbocycles. The maximum atomic E-state index is 14.1. The fourth-order valence-electron chi connectivity index (χ4n) is 7.37. The number of carbonyl (C=O) groups is 3. The summed E-state index contributed by atoms with van der Waals surface area (Å²) in [5.41, 5.74) is 1.81. The number of likely N-dealkylation sites (tertiary alicyclic amines) is 1. The molecule has 1 aromatic carbocycles. The highest BCUT2D eigenvalue weighted by Gasteiger charge is 2.72. The largest absolute Gasteiger partial charge is 0.379 e. The van der Waals surface area contributed by atoms with Crippen molar-refractivity contribution in [2.45, 2.75) is 76.2 Å². The molecule has 1 aromatic rings. The molecule has 1 spiro atoms. The van der Waals surface area contributed by atoms with Gasteiger partial charge in [0.15, 0.2) is 0 Å². The molecule has 3 amide bonds. The summed E-state index contributed by atoms with van der Waals surface area (Å²) in [5, 5.41) is 6.30. The number of ether oxygens (including phenoxy) is 2. The summed E-state index contributed by atoms with van der Waals surface area (Å²) in [6.45, 7) is 8.51. The molecule has 0 aromatic heterocycles. The first-order valence-corrected chi connectivity index (χ1v) is 15.0. The van der Waals surface area contributed by atoms with E-state index >= 15 is 0 Å². The molecule has 216 valence electrons. The van der Waals surface area contributed by atoms with Crippen molar-refractivity contribution in [3.8, 4) is 0 Å². The fourth-order valence-corrected chi connectivity index (χ4v) is 7.37. The molecule has 0 radical (unpaired) electrons. The zero-order valence-electron chi connectivity index (χ0n) is 23.7.